The van der Waals surface area contributed by atoms with Crippen LogP contribution >= 0.6 is 0 Å². The zero-order valence-electron chi connectivity index (χ0n) is 9.47. The highest BCUT2D eigenvalue weighted by Crippen LogP contribution is 2.18. The van der Waals surface area contributed by atoms with Crippen LogP contribution in [0.2, 0.25) is 0 Å². The second-order valence-electron chi connectivity index (χ2n) is 3.62. The lowest BCUT2D eigenvalue weighted by Gasteiger charge is -2.08. The normalized spacial score (nSPS) is 11.6. The van der Waals surface area contributed by atoms with Crippen molar-refractivity contribution < 1.29 is 18.3 Å². The molecule has 0 aliphatic rings. The number of nitrogens with one attached hydrogen (secondary N) is 1. The predicted octanol–water partition coefficient (Wildman–Crippen LogP) is 1.46. The van der Waals surface area contributed by atoms with Crippen LogP contribution in [-0.2, 0) is 14.8 Å². The van der Waals surface area contributed by atoms with Gasteiger partial charge in [0.25, 0.3) is 0 Å². The van der Waals surface area contributed by atoms with Crippen molar-refractivity contribution in [2.75, 3.05) is 11.0 Å². The van der Waals surface area contributed by atoms with Crippen molar-refractivity contribution in [3.8, 4) is 0 Å². The van der Waals surface area contributed by atoms with Gasteiger partial charge in [-0.1, -0.05) is 12.1 Å². The lowest BCUT2D eigenvalue weighted by molar-refractivity contribution is -0.131. The lowest BCUT2D eigenvalue weighted by Crippen LogP contribution is -2.10. The van der Waals surface area contributed by atoms with Gasteiger partial charge in [-0.15, -0.1) is 0 Å². The molecule has 92 valence electrons. The van der Waals surface area contributed by atoms with E-state index in [1.807, 2.05) is 0 Å². The smallest absolute Gasteiger partial charge is 0.328 e. The third-order valence-corrected chi connectivity index (χ3v) is 2.57. The molecule has 0 spiro atoms. The molecule has 6 heteroatoms. The van der Waals surface area contributed by atoms with E-state index in [9.17, 15) is 13.2 Å². The average Bonchev–Trinajstić information content (AvgIpc) is 2.17. The van der Waals surface area contributed by atoms with Crippen molar-refractivity contribution in [2.24, 2.45) is 0 Å². The van der Waals surface area contributed by atoms with Crippen molar-refractivity contribution >= 4 is 27.8 Å². The van der Waals surface area contributed by atoms with Gasteiger partial charge in [0.2, 0.25) is 10.0 Å². The first-order chi connectivity index (χ1) is 7.78. The highest BCUT2D eigenvalue weighted by Gasteiger charge is 2.05. The van der Waals surface area contributed by atoms with E-state index >= 15 is 0 Å². The maximum atomic E-state index is 11.1. The Morgan fingerprint density at radius 3 is 2.59 bits per heavy atom. The molecule has 0 fully saturated rings. The number of carboxylic acid groups (broad SMARTS) is 1. The Morgan fingerprint density at radius 1 is 1.41 bits per heavy atom. The highest BCUT2D eigenvalue weighted by atomic mass is 32.2. The van der Waals surface area contributed by atoms with Crippen LogP contribution in [0.1, 0.15) is 11.1 Å². The van der Waals surface area contributed by atoms with Gasteiger partial charge in [-0.05, 0) is 30.2 Å². The number of carboxylic acids is 1. The maximum Gasteiger partial charge on any atom is 0.328 e. The number of hydrogen-bond donors (Lipinski definition) is 2. The van der Waals surface area contributed by atoms with E-state index in [2.05, 4.69) is 4.72 Å². The standard InChI is InChI=1S/C11H13NO4S/c1-8-3-4-9(5-6-11(13)14)7-10(8)12-17(2,15)16/h3-7,12H,1-2H3,(H,13,14)/b6-5+. The number of aliphatic carboxylic acids is 1. The summed E-state index contributed by atoms with van der Waals surface area (Å²) in [6, 6.07) is 5.01. The monoisotopic (exact) mass is 255 g/mol. The van der Waals surface area contributed by atoms with Crippen LogP contribution in [0.15, 0.2) is 24.3 Å². The molecule has 0 aliphatic heterocycles. The van der Waals surface area contributed by atoms with Gasteiger partial charge < -0.3 is 5.11 Å². The zero-order valence-corrected chi connectivity index (χ0v) is 10.3. The molecule has 0 unspecified atom stereocenters. The molecule has 0 aliphatic carbocycles. The molecule has 0 heterocycles. The molecule has 1 aromatic carbocycles. The summed E-state index contributed by atoms with van der Waals surface area (Å²) in [5.74, 6) is -1.05. The number of sulfonamides is 1. The van der Waals surface area contributed by atoms with Gasteiger partial charge >= 0.3 is 5.97 Å². The van der Waals surface area contributed by atoms with E-state index in [4.69, 9.17) is 5.11 Å². The van der Waals surface area contributed by atoms with Crippen LogP contribution in [0.3, 0.4) is 0 Å². The number of carbonyl (C=O) groups is 1. The Labute approximate surface area is 99.8 Å². The molecule has 0 bridgehead atoms. The Bertz CT molecular complexity index is 561. The van der Waals surface area contributed by atoms with Crippen LogP contribution in [-0.4, -0.2) is 25.7 Å². The summed E-state index contributed by atoms with van der Waals surface area (Å²) in [4.78, 5) is 10.4. The fraction of sp³-hybridized carbons (Fsp3) is 0.182. The largest absolute Gasteiger partial charge is 0.478 e. The zero-order chi connectivity index (χ0) is 13.1. The summed E-state index contributed by atoms with van der Waals surface area (Å²) in [6.07, 6.45) is 3.45. The summed E-state index contributed by atoms with van der Waals surface area (Å²) < 4.78 is 24.6. The molecule has 0 atom stereocenters. The van der Waals surface area contributed by atoms with E-state index in [1.54, 1.807) is 25.1 Å². The lowest BCUT2D eigenvalue weighted by atomic mass is 10.1. The van der Waals surface area contributed by atoms with Crippen molar-refractivity contribution in [1.82, 2.24) is 0 Å². The molecule has 0 aromatic heterocycles. The van der Waals surface area contributed by atoms with Gasteiger partial charge in [0.15, 0.2) is 0 Å². The first kappa shape index (κ1) is 13.2. The topological polar surface area (TPSA) is 83.5 Å². The summed E-state index contributed by atoms with van der Waals surface area (Å²) in [7, 11) is -3.34. The maximum absolute atomic E-state index is 11.1. The molecular formula is C11H13NO4S. The first-order valence-electron chi connectivity index (χ1n) is 4.77. The quantitative estimate of drug-likeness (QED) is 0.798. The fourth-order valence-corrected chi connectivity index (χ4v) is 1.84. The van der Waals surface area contributed by atoms with Crippen molar-refractivity contribution in [2.45, 2.75) is 6.92 Å². The molecule has 0 amide bonds. The average molecular weight is 255 g/mol. The van der Waals surface area contributed by atoms with Crippen molar-refractivity contribution in [3.05, 3.63) is 35.4 Å². The van der Waals surface area contributed by atoms with Gasteiger partial charge in [-0.3, -0.25) is 4.72 Å². The summed E-state index contributed by atoms with van der Waals surface area (Å²) in [5, 5.41) is 8.49. The molecule has 17 heavy (non-hydrogen) atoms. The second-order valence-corrected chi connectivity index (χ2v) is 5.37. The summed E-state index contributed by atoms with van der Waals surface area (Å²) in [5.41, 5.74) is 1.83. The number of benzene rings is 1. The Hall–Kier alpha value is -1.82. The summed E-state index contributed by atoms with van der Waals surface area (Å²) >= 11 is 0. The molecule has 1 aromatic rings. The number of aryl methyl sites for hydroxylation is 1. The van der Waals surface area contributed by atoms with Gasteiger partial charge in [-0.25, -0.2) is 13.2 Å². The van der Waals surface area contributed by atoms with Crippen LogP contribution in [0.4, 0.5) is 5.69 Å². The summed E-state index contributed by atoms with van der Waals surface area (Å²) in [6.45, 7) is 1.76. The first-order valence-corrected chi connectivity index (χ1v) is 6.66. The minimum absolute atomic E-state index is 0.444. The van der Waals surface area contributed by atoms with Crippen LogP contribution in [0, 0.1) is 6.92 Å². The Morgan fingerprint density at radius 2 is 2.06 bits per heavy atom. The van der Waals surface area contributed by atoms with E-state index in [0.717, 1.165) is 17.9 Å². The number of hydrogen-bond acceptors (Lipinski definition) is 3. The van der Waals surface area contributed by atoms with Crippen LogP contribution in [0.5, 0.6) is 0 Å². The van der Waals surface area contributed by atoms with Crippen LogP contribution in [0.25, 0.3) is 6.08 Å². The third kappa shape index (κ3) is 4.69. The molecule has 1 rings (SSSR count). The van der Waals surface area contributed by atoms with E-state index in [-0.39, 0.29) is 0 Å². The Kier molecular flexibility index (Phi) is 3.90. The number of anilines is 1. The van der Waals surface area contributed by atoms with Gasteiger partial charge in [-0.2, -0.15) is 0 Å². The third-order valence-electron chi connectivity index (χ3n) is 1.98. The molecule has 0 saturated heterocycles. The van der Waals surface area contributed by atoms with Gasteiger partial charge in [0.05, 0.1) is 11.9 Å². The minimum atomic E-state index is -3.34. The van der Waals surface area contributed by atoms with Gasteiger partial charge in [0.1, 0.15) is 0 Å². The molecule has 2 N–H and O–H groups in total. The van der Waals surface area contributed by atoms with E-state index in [1.165, 1.54) is 6.08 Å². The highest BCUT2D eigenvalue weighted by molar-refractivity contribution is 7.92. The molecular weight excluding hydrogens is 242 g/mol. The number of rotatable bonds is 4. The van der Waals surface area contributed by atoms with Gasteiger partial charge in [0, 0.05) is 6.08 Å². The van der Waals surface area contributed by atoms with E-state index in [0.29, 0.717) is 11.3 Å². The van der Waals surface area contributed by atoms with Crippen molar-refractivity contribution in [3.63, 3.8) is 0 Å². The minimum Gasteiger partial charge on any atom is -0.478 e. The van der Waals surface area contributed by atoms with Crippen LogP contribution < -0.4 is 4.72 Å². The molecule has 0 radical (unpaired) electrons. The SMILES string of the molecule is Cc1ccc(/C=C/C(=O)O)cc1NS(C)(=O)=O. The predicted molar refractivity (Wildman–Crippen MR) is 66.3 cm³/mol. The second kappa shape index (κ2) is 5.01. The van der Waals surface area contributed by atoms with Crippen molar-refractivity contribution in [1.29, 1.82) is 0 Å². The molecule has 0 saturated carbocycles. The fourth-order valence-electron chi connectivity index (χ4n) is 1.22. The molecule has 5 nitrogen and oxygen atoms in total. The Balaban J connectivity index is 3.06. The van der Waals surface area contributed by atoms with E-state index < -0.39 is 16.0 Å².